The molecule has 0 saturated carbocycles. The maximum Gasteiger partial charge on any atom is 0.573 e. The largest absolute Gasteiger partial charge is 0.573 e. The lowest BCUT2D eigenvalue weighted by Crippen LogP contribution is -2.42. The quantitative estimate of drug-likeness (QED) is 0.206. The lowest BCUT2D eigenvalue weighted by Gasteiger charge is -2.32. The number of nitrogens with one attached hydrogen (secondary N) is 1. The second-order valence-corrected chi connectivity index (χ2v) is 10.5. The Hall–Kier alpha value is -4.92. The summed E-state index contributed by atoms with van der Waals surface area (Å²) in [6.07, 6.45) is -14.7. The van der Waals surface area contributed by atoms with Crippen LogP contribution in [0.3, 0.4) is 0 Å². The molecule has 1 atom stereocenters. The van der Waals surface area contributed by atoms with Crippen LogP contribution in [0.2, 0.25) is 5.02 Å². The monoisotopic (exact) mass is 687 g/mol. The number of nitrogens with zero attached hydrogens (tertiary/aromatic N) is 2. The number of hydrogen-bond acceptors (Lipinski definition) is 4. The van der Waals surface area contributed by atoms with Crippen LogP contribution in [-0.2, 0) is 11.6 Å². The van der Waals surface area contributed by atoms with E-state index in [1.54, 1.807) is 30.3 Å². The number of anilines is 1. The van der Waals surface area contributed by atoms with Gasteiger partial charge in [0.15, 0.2) is 0 Å². The minimum atomic E-state index is -4.98. The van der Waals surface area contributed by atoms with Gasteiger partial charge in [0.2, 0.25) is 0 Å². The van der Waals surface area contributed by atoms with E-state index in [0.29, 0.717) is 5.56 Å². The van der Waals surface area contributed by atoms with Crippen molar-refractivity contribution in [2.75, 3.05) is 11.9 Å². The van der Waals surface area contributed by atoms with E-state index in [-0.39, 0.29) is 29.1 Å². The Morgan fingerprint density at radius 1 is 0.745 bits per heavy atom. The van der Waals surface area contributed by atoms with E-state index in [0.717, 1.165) is 59.6 Å². The smallest absolute Gasteiger partial charge is 0.406 e. The van der Waals surface area contributed by atoms with Gasteiger partial charge in [0.25, 0.3) is 0 Å². The predicted molar refractivity (Wildman–Crippen MR) is 152 cm³/mol. The average Bonchev–Trinajstić information content (AvgIpc) is 3.39. The SMILES string of the molecule is O=C(Nc1ccc(OC(F)(F)F)cc1)N1CC(c2ccccc2)(c2ccc(OC(F)(F)F)cc2)C(c2ccc(C(F)(F)F)c(Cl)c2)=N1. The van der Waals surface area contributed by atoms with Crippen molar-refractivity contribution in [2.45, 2.75) is 24.3 Å². The molecule has 0 saturated heterocycles. The van der Waals surface area contributed by atoms with Crippen molar-refractivity contribution in [1.82, 2.24) is 5.01 Å². The van der Waals surface area contributed by atoms with Gasteiger partial charge in [0, 0.05) is 11.3 Å². The van der Waals surface area contributed by atoms with Gasteiger partial charge in [0.1, 0.15) is 11.5 Å². The van der Waals surface area contributed by atoms with Gasteiger partial charge in [-0.3, -0.25) is 0 Å². The van der Waals surface area contributed by atoms with Crippen molar-refractivity contribution in [2.24, 2.45) is 5.10 Å². The van der Waals surface area contributed by atoms with Crippen molar-refractivity contribution in [3.8, 4) is 11.5 Å². The zero-order valence-electron chi connectivity index (χ0n) is 23.3. The number of amides is 2. The maximum atomic E-state index is 13.5. The minimum absolute atomic E-state index is 0.0212. The highest BCUT2D eigenvalue weighted by Gasteiger charge is 2.48. The van der Waals surface area contributed by atoms with E-state index in [9.17, 15) is 44.3 Å². The second kappa shape index (κ2) is 12.4. The second-order valence-electron chi connectivity index (χ2n) is 10.0. The molecule has 1 heterocycles. The molecule has 1 unspecified atom stereocenters. The van der Waals surface area contributed by atoms with E-state index in [1.807, 2.05) is 0 Å². The Kier molecular flexibility index (Phi) is 8.79. The Bertz CT molecular complexity index is 1780. The third kappa shape index (κ3) is 7.56. The molecule has 1 aliphatic heterocycles. The summed E-state index contributed by atoms with van der Waals surface area (Å²) in [5.41, 5.74) is -1.74. The number of carbonyl (C=O) groups excluding carboxylic acids is 1. The van der Waals surface area contributed by atoms with Crippen LogP contribution in [0.1, 0.15) is 22.3 Å². The van der Waals surface area contributed by atoms with Gasteiger partial charge in [-0.15, -0.1) is 26.3 Å². The summed E-state index contributed by atoms with van der Waals surface area (Å²) in [5, 5.41) is 7.21. The lowest BCUT2D eigenvalue weighted by atomic mass is 9.69. The van der Waals surface area contributed by atoms with Gasteiger partial charge in [-0.1, -0.05) is 60.1 Å². The summed E-state index contributed by atoms with van der Waals surface area (Å²) in [4.78, 5) is 13.5. The third-order valence-corrected chi connectivity index (χ3v) is 7.29. The van der Waals surface area contributed by atoms with Crippen LogP contribution in [0.4, 0.5) is 50.0 Å². The number of hydrogen-bond donors (Lipinski definition) is 1. The maximum absolute atomic E-state index is 13.5. The summed E-state index contributed by atoms with van der Waals surface area (Å²) in [5.74, 6) is -1.09. The van der Waals surface area contributed by atoms with Crippen LogP contribution in [0.25, 0.3) is 0 Å². The van der Waals surface area contributed by atoms with Gasteiger partial charge in [-0.2, -0.15) is 18.3 Å². The Morgan fingerprint density at radius 3 is 1.79 bits per heavy atom. The molecule has 0 aromatic heterocycles. The van der Waals surface area contributed by atoms with Crippen LogP contribution in [-0.4, -0.2) is 36.0 Å². The molecule has 16 heteroatoms. The number of carbonyl (C=O) groups is 1. The highest BCUT2D eigenvalue weighted by atomic mass is 35.5. The van der Waals surface area contributed by atoms with E-state index in [1.165, 1.54) is 12.1 Å². The first-order valence-corrected chi connectivity index (χ1v) is 13.6. The van der Waals surface area contributed by atoms with Gasteiger partial charge < -0.3 is 14.8 Å². The average molecular weight is 688 g/mol. The van der Waals surface area contributed by atoms with Crippen LogP contribution in [0, 0.1) is 0 Å². The van der Waals surface area contributed by atoms with E-state index in [4.69, 9.17) is 11.6 Å². The molecule has 47 heavy (non-hydrogen) atoms. The molecule has 1 aliphatic rings. The van der Waals surface area contributed by atoms with Gasteiger partial charge in [-0.05, 0) is 59.7 Å². The first-order chi connectivity index (χ1) is 21.9. The number of ether oxygens (including phenoxy) is 2. The van der Waals surface area contributed by atoms with Crippen molar-refractivity contribution in [3.63, 3.8) is 0 Å². The summed E-state index contributed by atoms with van der Waals surface area (Å²) in [7, 11) is 0. The van der Waals surface area contributed by atoms with Crippen LogP contribution in [0.5, 0.6) is 11.5 Å². The van der Waals surface area contributed by atoms with Gasteiger partial charge >= 0.3 is 24.9 Å². The molecule has 1 N–H and O–H groups in total. The fraction of sp³-hybridized carbons (Fsp3) is 0.161. The number of halogens is 10. The summed E-state index contributed by atoms with van der Waals surface area (Å²) in [6, 6.07) is 19.1. The third-order valence-electron chi connectivity index (χ3n) is 6.98. The van der Waals surface area contributed by atoms with E-state index >= 15 is 0 Å². The molecule has 2 amide bonds. The Balaban J connectivity index is 1.60. The highest BCUT2D eigenvalue weighted by Crippen LogP contribution is 2.44. The number of alkyl halides is 9. The fourth-order valence-electron chi connectivity index (χ4n) is 5.07. The van der Waals surface area contributed by atoms with E-state index in [2.05, 4.69) is 19.9 Å². The predicted octanol–water partition coefficient (Wildman–Crippen LogP) is 9.39. The first-order valence-electron chi connectivity index (χ1n) is 13.3. The Morgan fingerprint density at radius 2 is 1.28 bits per heavy atom. The van der Waals surface area contributed by atoms with Crippen LogP contribution >= 0.6 is 11.6 Å². The van der Waals surface area contributed by atoms with Crippen molar-refractivity contribution in [1.29, 1.82) is 0 Å². The molecule has 5 rings (SSSR count). The number of hydrazone groups is 1. The lowest BCUT2D eigenvalue weighted by molar-refractivity contribution is -0.275. The van der Waals surface area contributed by atoms with Crippen molar-refractivity contribution >= 4 is 29.0 Å². The molecule has 6 nitrogen and oxygen atoms in total. The van der Waals surface area contributed by atoms with Crippen molar-refractivity contribution in [3.05, 3.63) is 124 Å². The molecule has 0 radical (unpaired) electrons. The number of benzene rings is 4. The molecule has 4 aromatic carbocycles. The molecule has 0 aliphatic carbocycles. The minimum Gasteiger partial charge on any atom is -0.406 e. The summed E-state index contributed by atoms with van der Waals surface area (Å²) in [6.45, 7) is -0.314. The van der Waals surface area contributed by atoms with Gasteiger partial charge in [-0.25, -0.2) is 9.80 Å². The van der Waals surface area contributed by atoms with E-state index < -0.39 is 52.4 Å². The summed E-state index contributed by atoms with van der Waals surface area (Å²) >= 11 is 6.05. The molecule has 4 aromatic rings. The first kappa shape index (κ1) is 33.4. The molecule has 0 bridgehead atoms. The fourth-order valence-corrected chi connectivity index (χ4v) is 5.36. The number of urea groups is 1. The zero-order chi connectivity index (χ0) is 34.2. The molecule has 0 spiro atoms. The number of rotatable bonds is 6. The van der Waals surface area contributed by atoms with Gasteiger partial charge in [0.05, 0.1) is 28.3 Å². The van der Waals surface area contributed by atoms with Crippen LogP contribution < -0.4 is 14.8 Å². The Labute approximate surface area is 265 Å². The standard InChI is InChI=1S/C31H19ClF9N3O3/c32-25-16-18(6-15-24(25)29(33,34)35)26-28(19-4-2-1-3-5-19,20-7-11-22(12-8-20)46-30(36,37)38)17-44(43-26)27(45)42-21-9-13-23(14-10-21)47-31(39,40)41/h1-16H,17H2,(H,42,45). The normalized spacial score (nSPS) is 16.9. The molecule has 0 fully saturated rings. The molecule has 246 valence electrons. The van der Waals surface area contributed by atoms with Crippen LogP contribution in [0.15, 0.2) is 102 Å². The zero-order valence-corrected chi connectivity index (χ0v) is 24.1. The van der Waals surface area contributed by atoms with Crippen molar-refractivity contribution < 1.29 is 53.8 Å². The summed E-state index contributed by atoms with van der Waals surface area (Å²) < 4.78 is 125. The molecular weight excluding hydrogens is 669 g/mol. The molecular formula is C31H19ClF9N3O3. The highest BCUT2D eigenvalue weighted by molar-refractivity contribution is 6.32. The topological polar surface area (TPSA) is 63.2 Å².